The lowest BCUT2D eigenvalue weighted by atomic mass is 10.2. The number of amides is 1. The Hall–Kier alpha value is -2.63. The molecule has 1 fully saturated rings. The van der Waals surface area contributed by atoms with Gasteiger partial charge in [-0.2, -0.15) is 0 Å². The molecule has 0 radical (unpaired) electrons. The Balaban J connectivity index is 1.91. The van der Waals surface area contributed by atoms with Gasteiger partial charge in [-0.05, 0) is 31.9 Å². The minimum atomic E-state index is -0.980. The number of aromatic nitrogens is 1. The third-order valence-corrected chi connectivity index (χ3v) is 3.81. The highest BCUT2D eigenvalue weighted by atomic mass is 16.4. The van der Waals surface area contributed by atoms with E-state index in [-0.39, 0.29) is 5.76 Å². The molecule has 2 heterocycles. The molecule has 1 aliphatic rings. The topological polar surface area (TPSA) is 83.6 Å². The third kappa shape index (κ3) is 2.47. The zero-order chi connectivity index (χ0) is 15.7. The van der Waals surface area contributed by atoms with Crippen LogP contribution in [0.2, 0.25) is 0 Å². The number of aliphatic carboxylic acids is 1. The largest absolute Gasteiger partial charge is 0.480 e. The highest BCUT2D eigenvalue weighted by Gasteiger charge is 2.36. The molecule has 114 valence electrons. The van der Waals surface area contributed by atoms with Gasteiger partial charge in [0.05, 0.1) is 5.69 Å². The second-order valence-electron chi connectivity index (χ2n) is 5.29. The number of carboxylic acid groups (broad SMARTS) is 1. The van der Waals surface area contributed by atoms with Crippen LogP contribution in [0.4, 0.5) is 0 Å². The second-order valence-corrected chi connectivity index (χ2v) is 5.29. The quantitative estimate of drug-likeness (QED) is 0.940. The first kappa shape index (κ1) is 14.3. The Bertz CT molecular complexity index is 708. The number of oxazole rings is 1. The van der Waals surface area contributed by atoms with Gasteiger partial charge < -0.3 is 14.4 Å². The van der Waals surface area contributed by atoms with Crippen LogP contribution in [0.5, 0.6) is 0 Å². The number of carboxylic acids is 1. The van der Waals surface area contributed by atoms with E-state index in [1.54, 1.807) is 6.92 Å². The zero-order valence-corrected chi connectivity index (χ0v) is 12.2. The Morgan fingerprint density at radius 2 is 2.05 bits per heavy atom. The van der Waals surface area contributed by atoms with Crippen molar-refractivity contribution in [3.05, 3.63) is 41.8 Å². The van der Waals surface area contributed by atoms with Crippen LogP contribution in [-0.2, 0) is 4.79 Å². The van der Waals surface area contributed by atoms with E-state index in [0.29, 0.717) is 31.0 Å². The van der Waals surface area contributed by atoms with Crippen LogP contribution in [0.3, 0.4) is 0 Å². The molecular weight excluding hydrogens is 284 g/mol. The maximum Gasteiger partial charge on any atom is 0.326 e. The summed E-state index contributed by atoms with van der Waals surface area (Å²) in [5.74, 6) is -0.900. The van der Waals surface area contributed by atoms with Crippen molar-refractivity contribution in [3.63, 3.8) is 0 Å². The number of benzene rings is 1. The molecule has 1 N–H and O–H groups in total. The van der Waals surface area contributed by atoms with E-state index in [4.69, 9.17) is 4.42 Å². The van der Waals surface area contributed by atoms with Gasteiger partial charge in [0.2, 0.25) is 11.7 Å². The van der Waals surface area contributed by atoms with Crippen molar-refractivity contribution in [1.82, 2.24) is 9.88 Å². The molecule has 1 aromatic heterocycles. The molecule has 0 spiro atoms. The van der Waals surface area contributed by atoms with Crippen molar-refractivity contribution in [2.45, 2.75) is 25.8 Å². The van der Waals surface area contributed by atoms with Gasteiger partial charge in [0.25, 0.3) is 5.91 Å². The fourth-order valence-electron chi connectivity index (χ4n) is 2.70. The molecule has 1 saturated heterocycles. The van der Waals surface area contributed by atoms with Crippen LogP contribution in [0.25, 0.3) is 11.5 Å². The van der Waals surface area contributed by atoms with Crippen molar-refractivity contribution in [2.75, 3.05) is 6.54 Å². The van der Waals surface area contributed by atoms with Crippen LogP contribution in [0, 0.1) is 6.92 Å². The van der Waals surface area contributed by atoms with E-state index in [1.807, 2.05) is 30.3 Å². The minimum Gasteiger partial charge on any atom is -0.480 e. The van der Waals surface area contributed by atoms with Gasteiger partial charge in [-0.15, -0.1) is 0 Å². The molecule has 6 nitrogen and oxygen atoms in total. The summed E-state index contributed by atoms with van der Waals surface area (Å²) in [4.78, 5) is 29.4. The van der Waals surface area contributed by atoms with Crippen molar-refractivity contribution in [2.24, 2.45) is 0 Å². The number of carbonyl (C=O) groups excluding carboxylic acids is 1. The Morgan fingerprint density at radius 1 is 1.32 bits per heavy atom. The van der Waals surface area contributed by atoms with Crippen LogP contribution in [0.1, 0.15) is 29.1 Å². The lowest BCUT2D eigenvalue weighted by molar-refractivity contribution is -0.141. The summed E-state index contributed by atoms with van der Waals surface area (Å²) in [6, 6.07) is 8.50. The number of hydrogen-bond donors (Lipinski definition) is 1. The SMILES string of the molecule is Cc1nc(-c2ccccc2)oc1C(=O)N1CCCC1C(=O)O. The van der Waals surface area contributed by atoms with E-state index >= 15 is 0 Å². The number of carbonyl (C=O) groups is 2. The van der Waals surface area contributed by atoms with Crippen molar-refractivity contribution in [1.29, 1.82) is 0 Å². The molecule has 22 heavy (non-hydrogen) atoms. The first-order valence-corrected chi connectivity index (χ1v) is 7.14. The van der Waals surface area contributed by atoms with Crippen molar-refractivity contribution >= 4 is 11.9 Å². The standard InChI is InChI=1S/C16H16N2O4/c1-10-13(15(19)18-9-5-8-12(18)16(20)21)22-14(17-10)11-6-3-2-4-7-11/h2-4,6-7,12H,5,8-9H2,1H3,(H,20,21). The molecule has 0 saturated carbocycles. The Labute approximate surface area is 127 Å². The zero-order valence-electron chi connectivity index (χ0n) is 12.2. The van der Waals surface area contributed by atoms with Gasteiger partial charge in [0.15, 0.2) is 0 Å². The van der Waals surface area contributed by atoms with Gasteiger partial charge in [-0.3, -0.25) is 4.79 Å². The average molecular weight is 300 g/mol. The average Bonchev–Trinajstić information content (AvgIpc) is 3.14. The fourth-order valence-corrected chi connectivity index (χ4v) is 2.70. The summed E-state index contributed by atoms with van der Waals surface area (Å²) >= 11 is 0. The molecule has 1 aliphatic heterocycles. The van der Waals surface area contributed by atoms with Crippen LogP contribution >= 0.6 is 0 Å². The van der Waals surface area contributed by atoms with Gasteiger partial charge >= 0.3 is 5.97 Å². The van der Waals surface area contributed by atoms with Crippen LogP contribution in [-0.4, -0.2) is 39.5 Å². The molecule has 3 rings (SSSR count). The molecule has 6 heteroatoms. The normalized spacial score (nSPS) is 17.7. The van der Waals surface area contributed by atoms with E-state index in [2.05, 4.69) is 4.98 Å². The maximum atomic E-state index is 12.6. The predicted molar refractivity (Wildman–Crippen MR) is 78.4 cm³/mol. The monoisotopic (exact) mass is 300 g/mol. The number of nitrogens with zero attached hydrogens (tertiary/aromatic N) is 2. The molecule has 1 aromatic carbocycles. The van der Waals surface area contributed by atoms with Gasteiger partial charge in [0.1, 0.15) is 6.04 Å². The molecule has 0 bridgehead atoms. The highest BCUT2D eigenvalue weighted by Crippen LogP contribution is 2.25. The van der Waals surface area contributed by atoms with E-state index in [0.717, 1.165) is 5.56 Å². The van der Waals surface area contributed by atoms with Gasteiger partial charge in [-0.1, -0.05) is 18.2 Å². The highest BCUT2D eigenvalue weighted by molar-refractivity contribution is 5.95. The maximum absolute atomic E-state index is 12.6. The summed E-state index contributed by atoms with van der Waals surface area (Å²) in [5.41, 5.74) is 1.25. The summed E-state index contributed by atoms with van der Waals surface area (Å²) in [6.07, 6.45) is 1.15. The van der Waals surface area contributed by atoms with Gasteiger partial charge in [0, 0.05) is 12.1 Å². The summed E-state index contributed by atoms with van der Waals surface area (Å²) in [6.45, 7) is 2.12. The minimum absolute atomic E-state index is 0.118. The number of rotatable bonds is 3. The molecule has 1 unspecified atom stereocenters. The lowest BCUT2D eigenvalue weighted by Gasteiger charge is -2.20. The first-order chi connectivity index (χ1) is 10.6. The van der Waals surface area contributed by atoms with Crippen molar-refractivity contribution in [3.8, 4) is 11.5 Å². The number of likely N-dealkylation sites (tertiary alicyclic amines) is 1. The first-order valence-electron chi connectivity index (χ1n) is 7.14. The predicted octanol–water partition coefficient (Wildman–Crippen LogP) is 2.34. The smallest absolute Gasteiger partial charge is 0.326 e. The summed E-state index contributed by atoms with van der Waals surface area (Å²) in [7, 11) is 0. The molecule has 0 aliphatic carbocycles. The van der Waals surface area contributed by atoms with E-state index < -0.39 is 17.9 Å². The molecular formula is C16H16N2O4. The van der Waals surface area contributed by atoms with Crippen LogP contribution < -0.4 is 0 Å². The second kappa shape index (κ2) is 5.63. The Kier molecular flexibility index (Phi) is 3.66. The Morgan fingerprint density at radius 3 is 2.73 bits per heavy atom. The molecule has 1 amide bonds. The number of hydrogen-bond acceptors (Lipinski definition) is 4. The number of aryl methyl sites for hydroxylation is 1. The summed E-state index contributed by atoms with van der Waals surface area (Å²) < 4.78 is 5.61. The molecule has 2 aromatic rings. The van der Waals surface area contributed by atoms with Gasteiger partial charge in [-0.25, -0.2) is 9.78 Å². The third-order valence-electron chi connectivity index (χ3n) is 3.81. The molecule has 1 atom stereocenters. The lowest BCUT2D eigenvalue weighted by Crippen LogP contribution is -2.40. The fraction of sp³-hybridized carbons (Fsp3) is 0.312. The van der Waals surface area contributed by atoms with E-state index in [1.165, 1.54) is 4.90 Å². The summed E-state index contributed by atoms with van der Waals surface area (Å²) in [5, 5.41) is 9.19. The van der Waals surface area contributed by atoms with Crippen molar-refractivity contribution < 1.29 is 19.1 Å². The van der Waals surface area contributed by atoms with E-state index in [9.17, 15) is 14.7 Å². The van der Waals surface area contributed by atoms with Crippen LogP contribution in [0.15, 0.2) is 34.7 Å².